The fraction of sp³-hybridized carbons (Fsp3) is 0.400. The number of fused-ring (bicyclic) bond motifs is 1. The summed E-state index contributed by atoms with van der Waals surface area (Å²) in [6.45, 7) is 3.89. The molecule has 134 valence electrons. The topological polar surface area (TPSA) is 64.5 Å². The van der Waals surface area contributed by atoms with Gasteiger partial charge in [-0.2, -0.15) is 0 Å². The smallest absolute Gasteiger partial charge is 0.161 e. The molecule has 0 radical (unpaired) electrons. The zero-order chi connectivity index (χ0) is 17.5. The first kappa shape index (κ1) is 17.7. The fourth-order valence-corrected chi connectivity index (χ4v) is 2.80. The molecule has 2 aromatic carbocycles. The number of nitrogens with two attached hydrogens (primary N) is 1. The zero-order valence-electron chi connectivity index (χ0n) is 14.5. The van der Waals surface area contributed by atoms with Crippen molar-refractivity contribution in [2.45, 2.75) is 25.2 Å². The molecule has 0 bridgehead atoms. The number of aliphatic hydroxyl groups excluding tert-OH is 1. The lowest BCUT2D eigenvalue weighted by atomic mass is 10.1. The average molecular weight is 344 g/mol. The highest BCUT2D eigenvalue weighted by atomic mass is 16.6. The number of benzene rings is 2. The van der Waals surface area contributed by atoms with Crippen molar-refractivity contribution in [2.75, 3.05) is 26.4 Å². The van der Waals surface area contributed by atoms with Gasteiger partial charge in [0.25, 0.3) is 0 Å². The second-order valence-electron chi connectivity index (χ2n) is 6.36. The van der Waals surface area contributed by atoms with E-state index >= 15 is 0 Å². The molecular weight excluding hydrogens is 318 g/mol. The summed E-state index contributed by atoms with van der Waals surface area (Å²) in [5.74, 6) is 1.51. The summed E-state index contributed by atoms with van der Waals surface area (Å²) in [5, 5.41) is 12.2. The van der Waals surface area contributed by atoms with Crippen LogP contribution in [0.3, 0.4) is 0 Å². The van der Waals surface area contributed by atoms with Gasteiger partial charge in [0.1, 0.15) is 25.3 Å². The molecule has 0 fully saturated rings. The van der Waals surface area contributed by atoms with Crippen LogP contribution in [0.2, 0.25) is 0 Å². The van der Waals surface area contributed by atoms with Gasteiger partial charge in [-0.3, -0.25) is 0 Å². The first-order valence-corrected chi connectivity index (χ1v) is 8.75. The molecule has 3 N–H and O–H groups in total. The normalized spacial score (nSPS) is 18.6. The number of rotatable bonds is 8. The van der Waals surface area contributed by atoms with Gasteiger partial charge in [-0.25, -0.2) is 0 Å². The second kappa shape index (κ2) is 8.85. The molecular formula is C20H26NO4+. The highest BCUT2D eigenvalue weighted by Crippen LogP contribution is 2.30. The van der Waals surface area contributed by atoms with Gasteiger partial charge in [0.2, 0.25) is 0 Å². The molecule has 1 aliphatic heterocycles. The van der Waals surface area contributed by atoms with Crippen LogP contribution in [-0.2, 0) is 4.74 Å². The maximum atomic E-state index is 10.1. The molecule has 0 amide bonds. The molecule has 25 heavy (non-hydrogen) atoms. The molecule has 0 aliphatic carbocycles. The zero-order valence-corrected chi connectivity index (χ0v) is 14.5. The van der Waals surface area contributed by atoms with Crippen molar-refractivity contribution in [1.82, 2.24) is 0 Å². The number of ether oxygens (including phenoxy) is 3. The third kappa shape index (κ3) is 5.19. The molecule has 0 saturated heterocycles. The average Bonchev–Trinajstić information content (AvgIpc) is 2.66. The Morgan fingerprint density at radius 3 is 2.64 bits per heavy atom. The monoisotopic (exact) mass is 344 g/mol. The fourth-order valence-electron chi connectivity index (χ4n) is 2.80. The van der Waals surface area contributed by atoms with E-state index in [1.807, 2.05) is 42.5 Å². The molecule has 5 nitrogen and oxygen atoms in total. The Balaban J connectivity index is 1.34. The third-order valence-corrected chi connectivity index (χ3v) is 4.27. The van der Waals surface area contributed by atoms with Crippen molar-refractivity contribution in [2.24, 2.45) is 0 Å². The van der Waals surface area contributed by atoms with Gasteiger partial charge in [-0.1, -0.05) is 42.5 Å². The molecule has 1 aliphatic rings. The van der Waals surface area contributed by atoms with E-state index in [4.69, 9.17) is 14.2 Å². The van der Waals surface area contributed by atoms with Gasteiger partial charge < -0.3 is 24.6 Å². The molecule has 0 unspecified atom stereocenters. The van der Waals surface area contributed by atoms with E-state index in [0.717, 1.165) is 11.5 Å². The minimum Gasteiger partial charge on any atom is -0.486 e. The Morgan fingerprint density at radius 1 is 1.12 bits per heavy atom. The van der Waals surface area contributed by atoms with Crippen molar-refractivity contribution in [3.8, 4) is 11.5 Å². The van der Waals surface area contributed by atoms with Crippen molar-refractivity contribution < 1.29 is 24.6 Å². The molecule has 3 rings (SSSR count). The first-order valence-electron chi connectivity index (χ1n) is 8.75. The molecule has 0 spiro atoms. The van der Waals surface area contributed by atoms with Crippen LogP contribution in [0.1, 0.15) is 18.5 Å². The highest BCUT2D eigenvalue weighted by molar-refractivity contribution is 5.40. The summed E-state index contributed by atoms with van der Waals surface area (Å²) in [6.07, 6.45) is -0.655. The molecule has 0 saturated carbocycles. The number of hydrogen-bond donors (Lipinski definition) is 2. The molecule has 2 aromatic rings. The predicted octanol–water partition coefficient (Wildman–Crippen LogP) is 1.53. The van der Waals surface area contributed by atoms with Gasteiger partial charge in [0.15, 0.2) is 17.6 Å². The first-order chi connectivity index (χ1) is 12.2. The van der Waals surface area contributed by atoms with E-state index < -0.39 is 6.10 Å². The van der Waals surface area contributed by atoms with Crippen molar-refractivity contribution in [1.29, 1.82) is 0 Å². The molecule has 1 heterocycles. The largest absolute Gasteiger partial charge is 0.486 e. The van der Waals surface area contributed by atoms with Gasteiger partial charge in [-0.05, 0) is 19.1 Å². The highest BCUT2D eigenvalue weighted by Gasteiger charge is 2.21. The van der Waals surface area contributed by atoms with Crippen LogP contribution in [0, 0.1) is 0 Å². The Kier molecular flexibility index (Phi) is 6.28. The van der Waals surface area contributed by atoms with E-state index in [0.29, 0.717) is 32.4 Å². The van der Waals surface area contributed by atoms with E-state index in [9.17, 15) is 5.11 Å². The van der Waals surface area contributed by atoms with Crippen LogP contribution in [0.15, 0.2) is 54.6 Å². The van der Waals surface area contributed by atoms with Crippen LogP contribution in [-0.4, -0.2) is 43.7 Å². The van der Waals surface area contributed by atoms with Crippen LogP contribution < -0.4 is 14.8 Å². The Morgan fingerprint density at radius 2 is 1.84 bits per heavy atom. The van der Waals surface area contributed by atoms with Crippen molar-refractivity contribution >= 4 is 0 Å². The lowest BCUT2D eigenvalue weighted by molar-refractivity contribution is -0.698. The summed E-state index contributed by atoms with van der Waals surface area (Å²) in [5.41, 5.74) is 1.25. The molecule has 5 heteroatoms. The van der Waals surface area contributed by atoms with E-state index in [1.54, 1.807) is 0 Å². The lowest BCUT2D eigenvalue weighted by Gasteiger charge is -2.26. The van der Waals surface area contributed by atoms with E-state index in [2.05, 4.69) is 24.4 Å². The van der Waals surface area contributed by atoms with Crippen LogP contribution in [0.5, 0.6) is 11.5 Å². The quantitative estimate of drug-likeness (QED) is 0.762. The standard InChI is InChI=1S/C20H25NO4/c1-15(16-7-3-2-4-8-16)21-11-17(22)12-23-13-18-14-24-19-9-5-6-10-20(19)25-18/h2-10,15,17-18,21-22H,11-14H2,1H3/p+1/t15-,17-,18+/m0/s1. The Hall–Kier alpha value is -2.08. The SMILES string of the molecule is C[C@H]([NH2+]C[C@H](O)COC[C@@H]1COc2ccccc2O1)c1ccccc1. The van der Waals surface area contributed by atoms with Crippen LogP contribution >= 0.6 is 0 Å². The van der Waals surface area contributed by atoms with Gasteiger partial charge in [0, 0.05) is 5.56 Å². The van der Waals surface area contributed by atoms with E-state index in [-0.39, 0.29) is 6.10 Å². The Labute approximate surface area is 148 Å². The lowest BCUT2D eigenvalue weighted by Crippen LogP contribution is -2.87. The number of quaternary nitrogens is 1. The molecule has 3 atom stereocenters. The maximum Gasteiger partial charge on any atom is 0.161 e. The number of aliphatic hydroxyl groups is 1. The maximum absolute atomic E-state index is 10.1. The van der Waals surface area contributed by atoms with Crippen molar-refractivity contribution in [3.63, 3.8) is 0 Å². The number of hydrogen-bond acceptors (Lipinski definition) is 4. The summed E-state index contributed by atoms with van der Waals surface area (Å²) in [7, 11) is 0. The summed E-state index contributed by atoms with van der Waals surface area (Å²) >= 11 is 0. The molecule has 0 aromatic heterocycles. The van der Waals surface area contributed by atoms with Gasteiger partial charge in [0.05, 0.1) is 13.2 Å². The van der Waals surface area contributed by atoms with Gasteiger partial charge in [-0.15, -0.1) is 0 Å². The van der Waals surface area contributed by atoms with Crippen LogP contribution in [0.4, 0.5) is 0 Å². The minimum atomic E-state index is -0.511. The van der Waals surface area contributed by atoms with Gasteiger partial charge >= 0.3 is 0 Å². The second-order valence-corrected chi connectivity index (χ2v) is 6.36. The van der Waals surface area contributed by atoms with Crippen LogP contribution in [0.25, 0.3) is 0 Å². The minimum absolute atomic E-state index is 0.144. The van der Waals surface area contributed by atoms with Crippen molar-refractivity contribution in [3.05, 3.63) is 60.2 Å². The van der Waals surface area contributed by atoms with E-state index in [1.165, 1.54) is 5.56 Å². The third-order valence-electron chi connectivity index (χ3n) is 4.27. The summed E-state index contributed by atoms with van der Waals surface area (Å²) in [4.78, 5) is 0. The summed E-state index contributed by atoms with van der Waals surface area (Å²) in [6, 6.07) is 18.2. The summed E-state index contributed by atoms with van der Waals surface area (Å²) < 4.78 is 17.1. The Bertz CT molecular complexity index is 649. The predicted molar refractivity (Wildman–Crippen MR) is 94.8 cm³/mol. The number of para-hydroxylation sites is 2.